The fraction of sp³-hybridized carbons (Fsp3) is 0.320. The number of piperidine rings is 1. The SMILES string of the molecule is Nc1cccc(-n2c(C3CC3)c(F)c3cnc(Nc4ccc(C5CCNCC5)cc4)nc32)n1. The molecule has 1 aliphatic heterocycles. The smallest absolute Gasteiger partial charge is 0.229 e. The summed E-state index contributed by atoms with van der Waals surface area (Å²) in [5, 5.41) is 7.08. The molecule has 8 heteroatoms. The molecule has 7 nitrogen and oxygen atoms in total. The van der Waals surface area contributed by atoms with Gasteiger partial charge in [0.1, 0.15) is 11.6 Å². The van der Waals surface area contributed by atoms with Crippen LogP contribution in [0.3, 0.4) is 0 Å². The maximum atomic E-state index is 15.4. The van der Waals surface area contributed by atoms with Crippen LogP contribution in [0, 0.1) is 5.82 Å². The summed E-state index contributed by atoms with van der Waals surface area (Å²) in [7, 11) is 0. The number of benzene rings is 1. The summed E-state index contributed by atoms with van der Waals surface area (Å²) in [5.74, 6) is 1.88. The fourth-order valence-electron chi connectivity index (χ4n) is 4.75. The maximum absolute atomic E-state index is 15.4. The lowest BCUT2D eigenvalue weighted by molar-refractivity contribution is 0.460. The van der Waals surface area contributed by atoms with Crippen molar-refractivity contribution in [2.45, 2.75) is 37.5 Å². The molecular weight excluding hydrogens is 417 g/mol. The Bertz CT molecular complexity index is 1300. The van der Waals surface area contributed by atoms with Crippen molar-refractivity contribution in [3.8, 4) is 5.82 Å². The first-order valence-corrected chi connectivity index (χ1v) is 11.5. The van der Waals surface area contributed by atoms with E-state index in [0.29, 0.717) is 40.2 Å². The molecule has 1 aromatic carbocycles. The standard InChI is InChI=1S/C25H26FN7/c26-22-19-14-29-25(30-18-8-6-15(7-9-18)16-10-12-28-13-11-16)32-24(19)33(23(22)17-4-5-17)21-3-1-2-20(27)31-21/h1-3,6-9,14,16-17,28H,4-5,10-13H2,(H2,27,31)(H,29,30,32). The predicted molar refractivity (Wildman–Crippen MR) is 128 cm³/mol. The highest BCUT2D eigenvalue weighted by Gasteiger charge is 2.34. The molecule has 168 valence electrons. The van der Waals surface area contributed by atoms with Crippen LogP contribution in [0.25, 0.3) is 16.9 Å². The van der Waals surface area contributed by atoms with Gasteiger partial charge in [-0.05, 0) is 74.5 Å². The molecule has 3 aromatic heterocycles. The summed E-state index contributed by atoms with van der Waals surface area (Å²) in [6.45, 7) is 2.14. The topological polar surface area (TPSA) is 93.7 Å². The number of aromatic nitrogens is 4. The minimum atomic E-state index is -0.269. The van der Waals surface area contributed by atoms with Crippen molar-refractivity contribution in [2.75, 3.05) is 24.1 Å². The van der Waals surface area contributed by atoms with E-state index in [0.717, 1.165) is 44.5 Å². The molecule has 0 unspecified atom stereocenters. The molecule has 1 saturated carbocycles. The first-order chi connectivity index (χ1) is 16.2. The number of pyridine rings is 1. The minimum absolute atomic E-state index is 0.168. The second kappa shape index (κ2) is 8.12. The van der Waals surface area contributed by atoms with Gasteiger partial charge in [-0.1, -0.05) is 18.2 Å². The lowest BCUT2D eigenvalue weighted by atomic mass is 9.90. The number of rotatable bonds is 5. The van der Waals surface area contributed by atoms with E-state index in [1.54, 1.807) is 16.8 Å². The van der Waals surface area contributed by atoms with Crippen molar-refractivity contribution in [1.29, 1.82) is 0 Å². The minimum Gasteiger partial charge on any atom is -0.384 e. The highest BCUT2D eigenvalue weighted by atomic mass is 19.1. The van der Waals surface area contributed by atoms with Gasteiger partial charge in [-0.2, -0.15) is 4.98 Å². The van der Waals surface area contributed by atoms with E-state index >= 15 is 4.39 Å². The van der Waals surface area contributed by atoms with Gasteiger partial charge in [0, 0.05) is 17.8 Å². The number of hydrogen-bond acceptors (Lipinski definition) is 6. The van der Waals surface area contributed by atoms with E-state index in [2.05, 4.69) is 44.9 Å². The van der Waals surface area contributed by atoms with E-state index in [1.807, 2.05) is 12.1 Å². The van der Waals surface area contributed by atoms with Gasteiger partial charge < -0.3 is 16.4 Å². The molecule has 0 bridgehead atoms. The highest BCUT2D eigenvalue weighted by molar-refractivity contribution is 5.81. The molecule has 0 amide bonds. The maximum Gasteiger partial charge on any atom is 0.229 e. The molecule has 1 saturated heterocycles. The molecule has 33 heavy (non-hydrogen) atoms. The first-order valence-electron chi connectivity index (χ1n) is 11.5. The van der Waals surface area contributed by atoms with Crippen LogP contribution in [-0.2, 0) is 0 Å². The Kier molecular flexibility index (Phi) is 4.95. The molecule has 0 atom stereocenters. The number of halogens is 1. The third-order valence-corrected chi connectivity index (χ3v) is 6.61. The van der Waals surface area contributed by atoms with Gasteiger partial charge in [-0.15, -0.1) is 0 Å². The molecule has 0 radical (unpaired) electrons. The molecule has 4 N–H and O–H groups in total. The monoisotopic (exact) mass is 443 g/mol. The summed E-state index contributed by atoms with van der Waals surface area (Å²) in [6.07, 6.45) is 5.79. The third-order valence-electron chi connectivity index (χ3n) is 6.61. The number of nitrogens with two attached hydrogens (primary N) is 1. The number of hydrogen-bond donors (Lipinski definition) is 3. The summed E-state index contributed by atoms with van der Waals surface area (Å²) in [6, 6.07) is 13.8. The van der Waals surface area contributed by atoms with E-state index in [-0.39, 0.29) is 11.7 Å². The van der Waals surface area contributed by atoms with Crippen LogP contribution < -0.4 is 16.4 Å². The van der Waals surface area contributed by atoms with Crippen molar-refractivity contribution < 1.29 is 4.39 Å². The molecule has 6 rings (SSSR count). The lowest BCUT2D eigenvalue weighted by Gasteiger charge is -2.23. The lowest BCUT2D eigenvalue weighted by Crippen LogP contribution is -2.26. The summed E-state index contributed by atoms with van der Waals surface area (Å²) >= 11 is 0. The highest BCUT2D eigenvalue weighted by Crippen LogP contribution is 2.45. The summed E-state index contributed by atoms with van der Waals surface area (Å²) in [5.41, 5.74) is 9.28. The normalized spacial score (nSPS) is 16.9. The summed E-state index contributed by atoms with van der Waals surface area (Å²) in [4.78, 5) is 13.5. The number of anilines is 3. The van der Waals surface area contributed by atoms with Gasteiger partial charge in [0.2, 0.25) is 5.95 Å². The van der Waals surface area contributed by atoms with Crippen molar-refractivity contribution in [2.24, 2.45) is 0 Å². The number of nitrogen functional groups attached to an aromatic ring is 1. The van der Waals surface area contributed by atoms with Crippen molar-refractivity contribution in [1.82, 2.24) is 24.8 Å². The van der Waals surface area contributed by atoms with Gasteiger partial charge in [0.25, 0.3) is 0 Å². The average Bonchev–Trinajstić information content (AvgIpc) is 3.64. The predicted octanol–water partition coefficient (Wildman–Crippen LogP) is 4.62. The van der Waals surface area contributed by atoms with Crippen LogP contribution in [0.4, 0.5) is 21.8 Å². The van der Waals surface area contributed by atoms with E-state index in [1.165, 1.54) is 5.56 Å². The Labute approximate surface area is 191 Å². The number of fused-ring (bicyclic) bond motifs is 1. The zero-order valence-electron chi connectivity index (χ0n) is 18.3. The largest absolute Gasteiger partial charge is 0.384 e. The Morgan fingerprint density at radius 3 is 2.48 bits per heavy atom. The average molecular weight is 444 g/mol. The quantitative estimate of drug-likeness (QED) is 0.417. The number of nitrogens with zero attached hydrogens (tertiary/aromatic N) is 4. The Morgan fingerprint density at radius 1 is 0.970 bits per heavy atom. The molecule has 2 fully saturated rings. The molecule has 1 aliphatic carbocycles. The van der Waals surface area contributed by atoms with E-state index in [4.69, 9.17) is 10.7 Å². The van der Waals surface area contributed by atoms with Crippen molar-refractivity contribution in [3.05, 3.63) is 65.7 Å². The Hall–Kier alpha value is -3.52. The zero-order valence-corrected chi connectivity index (χ0v) is 18.3. The molecule has 4 aromatic rings. The fourth-order valence-corrected chi connectivity index (χ4v) is 4.75. The molecular formula is C25H26FN7. The first kappa shape index (κ1) is 20.1. The van der Waals surface area contributed by atoms with Crippen LogP contribution in [0.5, 0.6) is 0 Å². The number of nitrogens with one attached hydrogen (secondary N) is 2. The Morgan fingerprint density at radius 2 is 1.76 bits per heavy atom. The van der Waals surface area contributed by atoms with Gasteiger partial charge >= 0.3 is 0 Å². The van der Waals surface area contributed by atoms with Crippen LogP contribution >= 0.6 is 0 Å². The van der Waals surface area contributed by atoms with Gasteiger partial charge in [0.15, 0.2) is 11.5 Å². The van der Waals surface area contributed by atoms with Crippen LogP contribution in [-0.4, -0.2) is 32.6 Å². The van der Waals surface area contributed by atoms with Crippen LogP contribution in [0.15, 0.2) is 48.7 Å². The van der Waals surface area contributed by atoms with Gasteiger partial charge in [0.05, 0.1) is 11.1 Å². The Balaban J connectivity index is 1.35. The molecule has 0 spiro atoms. The molecule has 2 aliphatic rings. The van der Waals surface area contributed by atoms with Crippen LogP contribution in [0.1, 0.15) is 48.8 Å². The summed E-state index contributed by atoms with van der Waals surface area (Å²) < 4.78 is 17.2. The van der Waals surface area contributed by atoms with Crippen molar-refractivity contribution in [3.63, 3.8) is 0 Å². The van der Waals surface area contributed by atoms with E-state index in [9.17, 15) is 0 Å². The van der Waals surface area contributed by atoms with Gasteiger partial charge in [-0.25, -0.2) is 14.4 Å². The second-order valence-corrected chi connectivity index (χ2v) is 8.93. The molecule has 4 heterocycles. The second-order valence-electron chi connectivity index (χ2n) is 8.93. The van der Waals surface area contributed by atoms with Crippen molar-refractivity contribution >= 4 is 28.5 Å². The van der Waals surface area contributed by atoms with E-state index < -0.39 is 0 Å². The van der Waals surface area contributed by atoms with Gasteiger partial charge in [-0.3, -0.25) is 4.57 Å². The third kappa shape index (κ3) is 3.80. The van der Waals surface area contributed by atoms with Crippen LogP contribution in [0.2, 0.25) is 0 Å². The zero-order chi connectivity index (χ0) is 22.4.